The van der Waals surface area contributed by atoms with Gasteiger partial charge in [-0.1, -0.05) is 11.6 Å². The van der Waals surface area contributed by atoms with Crippen LogP contribution in [0.1, 0.15) is 15.9 Å². The predicted molar refractivity (Wildman–Crippen MR) is 62.2 cm³/mol. The van der Waals surface area contributed by atoms with Gasteiger partial charge in [-0.3, -0.25) is 0 Å². The molecule has 2 N–H and O–H groups in total. The molecule has 5 nitrogen and oxygen atoms in total. The first-order valence-electron chi connectivity index (χ1n) is 4.80. The summed E-state index contributed by atoms with van der Waals surface area (Å²) in [4.78, 5) is 14.8. The second-order valence-corrected chi connectivity index (χ2v) is 3.75. The van der Waals surface area contributed by atoms with Gasteiger partial charge in [0.25, 0.3) is 0 Å². The molecular weight excluding hydrogens is 244 g/mol. The number of aromatic carboxylic acids is 1. The highest BCUT2D eigenvalue weighted by Crippen LogP contribution is 2.18. The summed E-state index contributed by atoms with van der Waals surface area (Å²) in [6, 6.07) is 3.20. The molecule has 0 saturated heterocycles. The molecule has 0 saturated carbocycles. The molecule has 0 aliphatic carbocycles. The highest BCUT2D eigenvalue weighted by atomic mass is 35.5. The van der Waals surface area contributed by atoms with Crippen LogP contribution in [0.2, 0.25) is 5.02 Å². The summed E-state index contributed by atoms with van der Waals surface area (Å²) in [5.74, 6) is -0.628. The van der Waals surface area contributed by atoms with Gasteiger partial charge in [-0.25, -0.2) is 9.78 Å². The smallest absolute Gasteiger partial charge is 0.337 e. The largest absolute Gasteiger partial charge is 0.478 e. The minimum absolute atomic E-state index is 0.0244. The molecule has 88 valence electrons. The molecule has 2 aromatic rings. The third kappa shape index (κ3) is 2.76. The zero-order valence-corrected chi connectivity index (χ0v) is 9.44. The molecule has 0 fully saturated rings. The van der Waals surface area contributed by atoms with Gasteiger partial charge in [-0.2, -0.15) is 0 Å². The Kier molecular flexibility index (Phi) is 3.30. The number of pyridine rings is 1. The van der Waals surface area contributed by atoms with Crippen LogP contribution in [0.25, 0.3) is 0 Å². The van der Waals surface area contributed by atoms with Gasteiger partial charge in [0.05, 0.1) is 23.1 Å². The van der Waals surface area contributed by atoms with Crippen LogP contribution in [-0.4, -0.2) is 16.1 Å². The maximum atomic E-state index is 10.9. The molecule has 0 radical (unpaired) electrons. The van der Waals surface area contributed by atoms with Gasteiger partial charge >= 0.3 is 5.97 Å². The van der Waals surface area contributed by atoms with Gasteiger partial charge in [0, 0.05) is 18.3 Å². The summed E-state index contributed by atoms with van der Waals surface area (Å²) in [6.45, 7) is 0.504. The molecule has 0 aromatic carbocycles. The number of hydrogen-bond acceptors (Lipinski definition) is 4. The number of carboxylic acid groups (broad SMARTS) is 1. The number of nitrogens with zero attached hydrogens (tertiary/aromatic N) is 1. The Morgan fingerprint density at radius 2 is 2.41 bits per heavy atom. The van der Waals surface area contributed by atoms with Crippen LogP contribution < -0.4 is 5.32 Å². The van der Waals surface area contributed by atoms with E-state index in [9.17, 15) is 4.79 Å². The molecule has 0 spiro atoms. The normalized spacial score (nSPS) is 10.2. The summed E-state index contributed by atoms with van der Waals surface area (Å²) < 4.78 is 4.91. The summed E-state index contributed by atoms with van der Waals surface area (Å²) in [6.07, 6.45) is 4.47. The van der Waals surface area contributed by atoms with Gasteiger partial charge in [0.1, 0.15) is 5.82 Å². The van der Waals surface area contributed by atoms with Gasteiger partial charge in [0.2, 0.25) is 0 Å². The number of rotatable bonds is 4. The minimum atomic E-state index is -1.08. The van der Waals surface area contributed by atoms with Crippen molar-refractivity contribution >= 4 is 23.4 Å². The maximum Gasteiger partial charge on any atom is 0.337 e. The number of carboxylic acids is 1. The fourth-order valence-electron chi connectivity index (χ4n) is 1.29. The number of furan rings is 1. The van der Waals surface area contributed by atoms with Crippen molar-refractivity contribution in [1.82, 2.24) is 4.98 Å². The van der Waals surface area contributed by atoms with Crippen molar-refractivity contribution < 1.29 is 14.3 Å². The Hall–Kier alpha value is -2.01. The van der Waals surface area contributed by atoms with Crippen LogP contribution in [0.3, 0.4) is 0 Å². The molecule has 2 heterocycles. The molecule has 6 heteroatoms. The third-order valence-corrected chi connectivity index (χ3v) is 2.44. The molecule has 0 amide bonds. The van der Waals surface area contributed by atoms with E-state index in [2.05, 4.69) is 10.3 Å². The summed E-state index contributed by atoms with van der Waals surface area (Å²) in [5, 5.41) is 12.0. The first-order chi connectivity index (χ1) is 8.16. The average Bonchev–Trinajstić information content (AvgIpc) is 2.80. The molecule has 17 heavy (non-hydrogen) atoms. The van der Waals surface area contributed by atoms with Crippen LogP contribution in [0.4, 0.5) is 5.82 Å². The van der Waals surface area contributed by atoms with Crippen molar-refractivity contribution in [2.75, 3.05) is 5.32 Å². The number of nitrogens with one attached hydrogen (secondary N) is 1. The molecule has 0 atom stereocenters. The SMILES string of the molecule is O=C(O)c1cc(NCc2ccoc2)ncc1Cl. The second kappa shape index (κ2) is 4.88. The third-order valence-electron chi connectivity index (χ3n) is 2.14. The number of aromatic nitrogens is 1. The Labute approximate surface area is 102 Å². The number of anilines is 1. The van der Waals surface area contributed by atoms with E-state index < -0.39 is 5.97 Å². The molecule has 2 rings (SSSR count). The van der Waals surface area contributed by atoms with E-state index >= 15 is 0 Å². The lowest BCUT2D eigenvalue weighted by Gasteiger charge is -2.05. The zero-order chi connectivity index (χ0) is 12.3. The molecule has 2 aromatic heterocycles. The van der Waals surface area contributed by atoms with Gasteiger partial charge < -0.3 is 14.8 Å². The van der Waals surface area contributed by atoms with Crippen LogP contribution in [0, 0.1) is 0 Å². The molecule has 0 aliphatic rings. The summed E-state index contributed by atoms with van der Waals surface area (Å²) >= 11 is 5.70. The van der Waals surface area contributed by atoms with Crippen LogP contribution in [0.5, 0.6) is 0 Å². The zero-order valence-electron chi connectivity index (χ0n) is 8.68. The molecule has 0 aliphatic heterocycles. The topological polar surface area (TPSA) is 75.4 Å². The van der Waals surface area contributed by atoms with Crippen LogP contribution in [-0.2, 0) is 6.54 Å². The molecule has 0 unspecified atom stereocenters. The average molecular weight is 253 g/mol. The van der Waals surface area contributed by atoms with E-state index in [4.69, 9.17) is 21.1 Å². The fraction of sp³-hybridized carbons (Fsp3) is 0.0909. The quantitative estimate of drug-likeness (QED) is 0.875. The van der Waals surface area contributed by atoms with E-state index in [-0.39, 0.29) is 10.6 Å². The predicted octanol–water partition coefficient (Wildman–Crippen LogP) is 2.64. The maximum absolute atomic E-state index is 10.9. The summed E-state index contributed by atoms with van der Waals surface area (Å²) in [5.41, 5.74) is 0.968. The second-order valence-electron chi connectivity index (χ2n) is 3.34. The first kappa shape index (κ1) is 11.5. The van der Waals surface area contributed by atoms with E-state index in [0.29, 0.717) is 12.4 Å². The van der Waals surface area contributed by atoms with Crippen LogP contribution in [0.15, 0.2) is 35.3 Å². The van der Waals surface area contributed by atoms with E-state index in [1.807, 2.05) is 0 Å². The Balaban J connectivity index is 2.11. The van der Waals surface area contributed by atoms with E-state index in [1.54, 1.807) is 18.6 Å². The van der Waals surface area contributed by atoms with Crippen molar-refractivity contribution in [3.63, 3.8) is 0 Å². The highest BCUT2D eigenvalue weighted by molar-refractivity contribution is 6.33. The Bertz CT molecular complexity index is 526. The van der Waals surface area contributed by atoms with Gasteiger partial charge in [-0.15, -0.1) is 0 Å². The lowest BCUT2D eigenvalue weighted by molar-refractivity contribution is 0.0697. The Morgan fingerprint density at radius 3 is 3.06 bits per heavy atom. The van der Waals surface area contributed by atoms with E-state index in [0.717, 1.165) is 5.56 Å². The van der Waals surface area contributed by atoms with Crippen molar-refractivity contribution in [3.8, 4) is 0 Å². The monoisotopic (exact) mass is 252 g/mol. The molecule has 0 bridgehead atoms. The molecular formula is C11H9ClN2O3. The van der Waals surface area contributed by atoms with Crippen LogP contribution >= 0.6 is 11.6 Å². The minimum Gasteiger partial charge on any atom is -0.478 e. The lowest BCUT2D eigenvalue weighted by atomic mass is 10.2. The summed E-state index contributed by atoms with van der Waals surface area (Å²) in [7, 11) is 0. The van der Waals surface area contributed by atoms with Gasteiger partial charge in [-0.05, 0) is 12.1 Å². The number of carbonyl (C=O) groups is 1. The van der Waals surface area contributed by atoms with Crippen molar-refractivity contribution in [3.05, 3.63) is 47.0 Å². The van der Waals surface area contributed by atoms with Crippen molar-refractivity contribution in [1.29, 1.82) is 0 Å². The van der Waals surface area contributed by atoms with Crippen molar-refractivity contribution in [2.24, 2.45) is 0 Å². The number of hydrogen-bond donors (Lipinski definition) is 2. The fourth-order valence-corrected chi connectivity index (χ4v) is 1.47. The standard InChI is InChI=1S/C11H9ClN2O3/c12-9-5-14-10(3-8(9)11(15)16)13-4-7-1-2-17-6-7/h1-3,5-6H,4H2,(H,13,14)(H,15,16). The Morgan fingerprint density at radius 1 is 1.59 bits per heavy atom. The number of halogens is 1. The lowest BCUT2D eigenvalue weighted by Crippen LogP contribution is -2.04. The highest BCUT2D eigenvalue weighted by Gasteiger charge is 2.10. The first-order valence-corrected chi connectivity index (χ1v) is 5.18. The van der Waals surface area contributed by atoms with Crippen molar-refractivity contribution in [2.45, 2.75) is 6.54 Å². The van der Waals surface area contributed by atoms with E-state index in [1.165, 1.54) is 12.3 Å². The van der Waals surface area contributed by atoms with Gasteiger partial charge in [0.15, 0.2) is 0 Å².